The van der Waals surface area contributed by atoms with Gasteiger partial charge in [-0.2, -0.15) is 0 Å². The van der Waals surface area contributed by atoms with Crippen molar-refractivity contribution in [3.63, 3.8) is 0 Å². The van der Waals surface area contributed by atoms with Crippen molar-refractivity contribution >= 4 is 22.4 Å². The van der Waals surface area contributed by atoms with Crippen LogP contribution in [-0.2, 0) is 9.53 Å². The van der Waals surface area contributed by atoms with Crippen LogP contribution in [0.2, 0.25) is 0 Å². The lowest BCUT2D eigenvalue weighted by Gasteiger charge is -2.24. The molecule has 0 aromatic carbocycles. The molecule has 98 valence electrons. The van der Waals surface area contributed by atoms with E-state index < -0.39 is 5.41 Å². The van der Waals surface area contributed by atoms with Crippen molar-refractivity contribution in [3.8, 4) is 0 Å². The lowest BCUT2D eigenvalue weighted by atomic mass is 9.85. The van der Waals surface area contributed by atoms with Crippen LogP contribution in [0.4, 0.5) is 5.13 Å². The third-order valence-electron chi connectivity index (χ3n) is 3.77. The van der Waals surface area contributed by atoms with Crippen LogP contribution in [0.15, 0.2) is 5.38 Å². The summed E-state index contributed by atoms with van der Waals surface area (Å²) in [6.45, 7) is 2.66. The van der Waals surface area contributed by atoms with Crippen LogP contribution < -0.4 is 11.1 Å². The Morgan fingerprint density at radius 3 is 3.06 bits per heavy atom. The summed E-state index contributed by atoms with van der Waals surface area (Å²) in [4.78, 5) is 16.7. The van der Waals surface area contributed by atoms with E-state index in [9.17, 15) is 4.79 Å². The van der Waals surface area contributed by atoms with Gasteiger partial charge in [-0.25, -0.2) is 4.98 Å². The van der Waals surface area contributed by atoms with Crippen LogP contribution in [-0.4, -0.2) is 30.1 Å². The fourth-order valence-corrected chi connectivity index (χ4v) is 2.86. The normalized spacial score (nSPS) is 31.6. The predicted octanol–water partition coefficient (Wildman–Crippen LogP) is 1.32. The van der Waals surface area contributed by atoms with Gasteiger partial charge in [-0.15, -0.1) is 11.3 Å². The predicted molar refractivity (Wildman–Crippen MR) is 69.6 cm³/mol. The van der Waals surface area contributed by atoms with Crippen molar-refractivity contribution in [2.75, 3.05) is 18.5 Å². The molecular formula is C12H17N3O2S. The number of aromatic nitrogens is 1. The number of rotatable bonds is 3. The lowest BCUT2D eigenvalue weighted by Crippen LogP contribution is -2.47. The maximum atomic E-state index is 12.2. The highest BCUT2D eigenvalue weighted by molar-refractivity contribution is 7.13. The number of nitrogens with one attached hydrogen (secondary N) is 1. The number of carbonyl (C=O) groups is 1. The van der Waals surface area contributed by atoms with Gasteiger partial charge in [0.25, 0.3) is 0 Å². The Kier molecular flexibility index (Phi) is 2.88. The van der Waals surface area contributed by atoms with Gasteiger partial charge in [0.1, 0.15) is 0 Å². The molecule has 2 atom stereocenters. The first-order chi connectivity index (χ1) is 8.59. The van der Waals surface area contributed by atoms with Gasteiger partial charge in [0.05, 0.1) is 24.3 Å². The van der Waals surface area contributed by atoms with Crippen LogP contribution in [0.1, 0.15) is 31.4 Å². The molecule has 6 heteroatoms. The quantitative estimate of drug-likeness (QED) is 0.866. The number of carbonyl (C=O) groups excluding carboxylic acids is 1. The zero-order chi connectivity index (χ0) is 12.8. The summed E-state index contributed by atoms with van der Waals surface area (Å²) < 4.78 is 5.28. The molecule has 1 saturated heterocycles. The first-order valence-electron chi connectivity index (χ1n) is 6.20. The van der Waals surface area contributed by atoms with Gasteiger partial charge in [0, 0.05) is 17.3 Å². The molecule has 3 rings (SSSR count). The molecule has 0 spiro atoms. The largest absolute Gasteiger partial charge is 0.379 e. The second-order valence-corrected chi connectivity index (χ2v) is 6.20. The van der Waals surface area contributed by atoms with Crippen LogP contribution in [0.25, 0.3) is 0 Å². The number of hydrogen-bond donors (Lipinski definition) is 2. The summed E-state index contributed by atoms with van der Waals surface area (Å²) in [6.07, 6.45) is 2.43. The van der Waals surface area contributed by atoms with E-state index in [-0.39, 0.29) is 11.9 Å². The summed E-state index contributed by atoms with van der Waals surface area (Å²) in [7, 11) is 0. The number of hydrogen-bond acceptors (Lipinski definition) is 5. The topological polar surface area (TPSA) is 77.2 Å². The Balaban J connectivity index is 1.69. The van der Waals surface area contributed by atoms with Crippen molar-refractivity contribution in [1.29, 1.82) is 0 Å². The summed E-state index contributed by atoms with van der Waals surface area (Å²) in [5.74, 6) is 0.517. The van der Waals surface area contributed by atoms with E-state index in [2.05, 4.69) is 10.3 Å². The van der Waals surface area contributed by atoms with E-state index in [4.69, 9.17) is 10.5 Å². The average molecular weight is 267 g/mol. The standard InChI is InChI=1S/C12H17N3O2S/c1-12(6-17-4-9(12)13)10(16)15-11-14-8(5-18-11)7-2-3-7/h5,7,9H,2-4,6,13H2,1H3,(H,14,15,16). The minimum Gasteiger partial charge on any atom is -0.379 e. The molecule has 1 amide bonds. The van der Waals surface area contributed by atoms with Crippen LogP contribution in [0.3, 0.4) is 0 Å². The van der Waals surface area contributed by atoms with E-state index in [1.54, 1.807) is 0 Å². The second kappa shape index (κ2) is 4.29. The van der Waals surface area contributed by atoms with Gasteiger partial charge in [0.15, 0.2) is 5.13 Å². The minimum atomic E-state index is -0.647. The Morgan fingerprint density at radius 2 is 2.44 bits per heavy atom. The van der Waals surface area contributed by atoms with E-state index in [0.29, 0.717) is 24.3 Å². The summed E-state index contributed by atoms with van der Waals surface area (Å²) in [6, 6.07) is -0.250. The van der Waals surface area contributed by atoms with Gasteiger partial charge in [-0.05, 0) is 19.8 Å². The number of thiazole rings is 1. The molecule has 0 bridgehead atoms. The maximum Gasteiger partial charge on any atom is 0.236 e. The maximum absolute atomic E-state index is 12.2. The molecule has 2 heterocycles. The Bertz CT molecular complexity index is 472. The molecule has 2 fully saturated rings. The molecule has 1 aliphatic carbocycles. The zero-order valence-electron chi connectivity index (χ0n) is 10.3. The van der Waals surface area contributed by atoms with Gasteiger partial charge in [-0.1, -0.05) is 0 Å². The summed E-state index contributed by atoms with van der Waals surface area (Å²) in [5.41, 5.74) is 6.39. The third kappa shape index (κ3) is 2.04. The number of ether oxygens (including phenoxy) is 1. The number of anilines is 1. The SMILES string of the molecule is CC1(C(=O)Nc2nc(C3CC3)cs2)COCC1N. The molecular weight excluding hydrogens is 250 g/mol. The summed E-state index contributed by atoms with van der Waals surface area (Å²) >= 11 is 1.48. The van der Waals surface area contributed by atoms with Gasteiger partial charge < -0.3 is 15.8 Å². The Labute approximate surface area is 110 Å². The minimum absolute atomic E-state index is 0.0933. The molecule has 2 unspecified atom stereocenters. The monoisotopic (exact) mass is 267 g/mol. The summed E-state index contributed by atoms with van der Waals surface area (Å²) in [5, 5.41) is 5.56. The number of amides is 1. The number of nitrogens with two attached hydrogens (primary N) is 1. The van der Waals surface area contributed by atoms with E-state index in [0.717, 1.165) is 5.69 Å². The molecule has 0 radical (unpaired) electrons. The van der Waals surface area contributed by atoms with E-state index >= 15 is 0 Å². The molecule has 18 heavy (non-hydrogen) atoms. The molecule has 1 aromatic heterocycles. The first-order valence-corrected chi connectivity index (χ1v) is 7.08. The average Bonchev–Trinajstić information content (AvgIpc) is 3.00. The van der Waals surface area contributed by atoms with Crippen molar-refractivity contribution < 1.29 is 9.53 Å². The molecule has 3 N–H and O–H groups in total. The van der Waals surface area contributed by atoms with Gasteiger partial charge >= 0.3 is 0 Å². The Morgan fingerprint density at radius 1 is 1.67 bits per heavy atom. The third-order valence-corrected chi connectivity index (χ3v) is 4.55. The highest BCUT2D eigenvalue weighted by Gasteiger charge is 2.44. The van der Waals surface area contributed by atoms with E-state index in [1.807, 2.05) is 12.3 Å². The molecule has 1 saturated carbocycles. The van der Waals surface area contributed by atoms with Gasteiger partial charge in [-0.3, -0.25) is 4.79 Å². The zero-order valence-corrected chi connectivity index (χ0v) is 11.1. The van der Waals surface area contributed by atoms with Crippen molar-refractivity contribution in [3.05, 3.63) is 11.1 Å². The highest BCUT2D eigenvalue weighted by Crippen LogP contribution is 2.41. The number of nitrogens with zero attached hydrogens (tertiary/aromatic N) is 1. The lowest BCUT2D eigenvalue weighted by molar-refractivity contribution is -0.125. The molecule has 1 aliphatic heterocycles. The fourth-order valence-electron chi connectivity index (χ4n) is 2.07. The first kappa shape index (κ1) is 12.1. The molecule has 5 nitrogen and oxygen atoms in total. The van der Waals surface area contributed by atoms with Crippen molar-refractivity contribution in [1.82, 2.24) is 4.98 Å². The van der Waals surface area contributed by atoms with Crippen LogP contribution in [0.5, 0.6) is 0 Å². The van der Waals surface area contributed by atoms with Crippen molar-refractivity contribution in [2.45, 2.75) is 31.7 Å². The Hall–Kier alpha value is -0.980. The molecule has 2 aliphatic rings. The second-order valence-electron chi connectivity index (χ2n) is 5.35. The van der Waals surface area contributed by atoms with Gasteiger partial charge in [0.2, 0.25) is 5.91 Å². The van der Waals surface area contributed by atoms with Crippen molar-refractivity contribution in [2.24, 2.45) is 11.1 Å². The van der Waals surface area contributed by atoms with Crippen LogP contribution >= 0.6 is 11.3 Å². The fraction of sp³-hybridized carbons (Fsp3) is 0.667. The van der Waals surface area contributed by atoms with Crippen LogP contribution in [0, 0.1) is 5.41 Å². The highest BCUT2D eigenvalue weighted by atomic mass is 32.1. The van der Waals surface area contributed by atoms with E-state index in [1.165, 1.54) is 24.2 Å². The molecule has 1 aromatic rings. The smallest absolute Gasteiger partial charge is 0.236 e.